The topological polar surface area (TPSA) is 71.3 Å². The molecule has 0 spiro atoms. The van der Waals surface area contributed by atoms with Crippen LogP contribution in [0.5, 0.6) is 5.75 Å². The highest BCUT2D eigenvalue weighted by Crippen LogP contribution is 2.39. The molecule has 1 heterocycles. The monoisotopic (exact) mass is 409 g/mol. The minimum absolute atomic E-state index is 0.131. The quantitative estimate of drug-likeness (QED) is 0.417. The van der Waals surface area contributed by atoms with Gasteiger partial charge in [-0.05, 0) is 24.6 Å². The summed E-state index contributed by atoms with van der Waals surface area (Å²) in [5, 5.41) is 11.0. The molecule has 0 bridgehead atoms. The molecule has 0 saturated carbocycles. The average Bonchev–Trinajstić information content (AvgIpc) is 2.98. The molecule has 1 saturated heterocycles. The van der Waals surface area contributed by atoms with Crippen LogP contribution in [-0.4, -0.2) is 56.0 Å². The third-order valence-electron chi connectivity index (χ3n) is 5.37. The van der Waals surface area contributed by atoms with Crippen molar-refractivity contribution in [2.45, 2.75) is 19.4 Å². The molecule has 1 aliphatic rings. The number of amides is 1. The van der Waals surface area contributed by atoms with Crippen molar-refractivity contribution in [1.29, 1.82) is 0 Å². The molecule has 6 nitrogen and oxygen atoms in total. The Bertz CT molecular complexity index is 946. The van der Waals surface area contributed by atoms with E-state index in [9.17, 15) is 14.7 Å². The summed E-state index contributed by atoms with van der Waals surface area (Å²) in [6.07, 6.45) is 0.757. The van der Waals surface area contributed by atoms with Crippen LogP contribution >= 0.6 is 0 Å². The van der Waals surface area contributed by atoms with Crippen LogP contribution in [0.4, 0.5) is 0 Å². The molecule has 0 unspecified atom stereocenters. The summed E-state index contributed by atoms with van der Waals surface area (Å²) in [5.74, 6) is -0.676. The summed E-state index contributed by atoms with van der Waals surface area (Å²) < 4.78 is 5.24. The number of rotatable bonds is 7. The number of methoxy groups -OCH3 is 1. The largest absolute Gasteiger partial charge is 0.507 e. The van der Waals surface area contributed by atoms with Crippen molar-refractivity contribution in [2.75, 3.05) is 34.3 Å². The van der Waals surface area contributed by atoms with Crippen molar-refractivity contribution in [3.63, 3.8) is 0 Å². The summed E-state index contributed by atoms with van der Waals surface area (Å²) >= 11 is 0. The smallest absolute Gasteiger partial charge is 0.295 e. The molecule has 6 heteroatoms. The number of hydrogen-bond donors (Lipinski definition) is 2. The molecule has 1 atom stereocenters. The summed E-state index contributed by atoms with van der Waals surface area (Å²) in [6, 6.07) is 13.9. The lowest BCUT2D eigenvalue weighted by atomic mass is 9.95. The van der Waals surface area contributed by atoms with E-state index in [4.69, 9.17) is 4.74 Å². The molecule has 0 aromatic heterocycles. The molecule has 2 N–H and O–H groups in total. The third-order valence-corrected chi connectivity index (χ3v) is 5.37. The number of ketones is 1. The van der Waals surface area contributed by atoms with Crippen molar-refractivity contribution in [2.24, 2.45) is 0 Å². The number of carbonyl (C=O) groups excluding carboxylic acids is 2. The van der Waals surface area contributed by atoms with Gasteiger partial charge in [-0.15, -0.1) is 0 Å². The zero-order valence-electron chi connectivity index (χ0n) is 17.9. The number of benzene rings is 2. The maximum Gasteiger partial charge on any atom is 0.295 e. The minimum Gasteiger partial charge on any atom is -0.507 e. The fourth-order valence-electron chi connectivity index (χ4n) is 3.71. The zero-order chi connectivity index (χ0) is 21.8. The van der Waals surface area contributed by atoms with Crippen LogP contribution in [0.1, 0.15) is 29.2 Å². The number of quaternary nitrogens is 1. The van der Waals surface area contributed by atoms with E-state index in [0.717, 1.165) is 24.1 Å². The van der Waals surface area contributed by atoms with Gasteiger partial charge in [0.05, 0.1) is 39.4 Å². The Hall–Kier alpha value is -3.12. The number of aliphatic hydroxyl groups excluding tert-OH is 1. The van der Waals surface area contributed by atoms with Crippen LogP contribution in [0.25, 0.3) is 5.76 Å². The summed E-state index contributed by atoms with van der Waals surface area (Å²) in [7, 11) is 5.68. The lowest BCUT2D eigenvalue weighted by Gasteiger charge is -2.25. The molecule has 1 aliphatic heterocycles. The van der Waals surface area contributed by atoms with E-state index < -0.39 is 17.7 Å². The predicted octanol–water partition coefficient (Wildman–Crippen LogP) is 1.96. The van der Waals surface area contributed by atoms with E-state index in [-0.39, 0.29) is 11.3 Å². The normalized spacial score (nSPS) is 18.3. The van der Waals surface area contributed by atoms with Gasteiger partial charge in [0, 0.05) is 18.5 Å². The zero-order valence-corrected chi connectivity index (χ0v) is 17.9. The lowest BCUT2D eigenvalue weighted by Crippen LogP contribution is -3.05. The van der Waals surface area contributed by atoms with E-state index in [2.05, 4.69) is 0 Å². The van der Waals surface area contributed by atoms with Gasteiger partial charge in [-0.2, -0.15) is 0 Å². The van der Waals surface area contributed by atoms with Gasteiger partial charge < -0.3 is 19.6 Å². The first kappa shape index (κ1) is 21.6. The SMILES string of the molecule is COc1ccc([C@H]2C(=C(O)c3ccc(C)cc3)C(=O)C(=O)N2CCC[NH+](C)C)cc1. The van der Waals surface area contributed by atoms with Crippen molar-refractivity contribution in [3.8, 4) is 5.75 Å². The first-order chi connectivity index (χ1) is 14.3. The number of hydrogen-bond acceptors (Lipinski definition) is 4. The molecule has 0 aliphatic carbocycles. The second-order valence-electron chi connectivity index (χ2n) is 7.94. The third kappa shape index (κ3) is 4.39. The van der Waals surface area contributed by atoms with E-state index in [1.54, 1.807) is 36.3 Å². The highest BCUT2D eigenvalue weighted by molar-refractivity contribution is 6.46. The lowest BCUT2D eigenvalue weighted by molar-refractivity contribution is -0.858. The number of aryl methyl sites for hydroxylation is 1. The van der Waals surface area contributed by atoms with Crippen LogP contribution < -0.4 is 9.64 Å². The number of nitrogens with zero attached hydrogens (tertiary/aromatic N) is 1. The van der Waals surface area contributed by atoms with Gasteiger partial charge in [-0.1, -0.05) is 42.0 Å². The number of ether oxygens (including phenoxy) is 1. The molecule has 0 radical (unpaired) electrons. The number of carbonyl (C=O) groups is 2. The minimum atomic E-state index is -0.647. The van der Waals surface area contributed by atoms with E-state index in [0.29, 0.717) is 17.9 Å². The molecule has 158 valence electrons. The first-order valence-electron chi connectivity index (χ1n) is 10.1. The van der Waals surface area contributed by atoms with Gasteiger partial charge in [0.25, 0.3) is 11.7 Å². The fourth-order valence-corrected chi connectivity index (χ4v) is 3.71. The van der Waals surface area contributed by atoms with Crippen LogP contribution in [0, 0.1) is 6.92 Å². The van der Waals surface area contributed by atoms with Crippen molar-refractivity contribution < 1.29 is 24.3 Å². The van der Waals surface area contributed by atoms with Gasteiger partial charge in [0.1, 0.15) is 11.5 Å². The maximum absolute atomic E-state index is 13.0. The fraction of sp³-hybridized carbons (Fsp3) is 0.333. The van der Waals surface area contributed by atoms with Crippen molar-refractivity contribution >= 4 is 17.4 Å². The summed E-state index contributed by atoms with van der Waals surface area (Å²) in [4.78, 5) is 28.7. The van der Waals surface area contributed by atoms with E-state index >= 15 is 0 Å². The second-order valence-corrected chi connectivity index (χ2v) is 7.94. The molecule has 1 fully saturated rings. The Labute approximate surface area is 177 Å². The molecule has 2 aromatic carbocycles. The highest BCUT2D eigenvalue weighted by Gasteiger charge is 2.45. The average molecular weight is 410 g/mol. The van der Waals surface area contributed by atoms with Crippen molar-refractivity contribution in [1.82, 2.24) is 4.90 Å². The second kappa shape index (κ2) is 9.13. The van der Waals surface area contributed by atoms with Gasteiger partial charge >= 0.3 is 0 Å². The van der Waals surface area contributed by atoms with Crippen LogP contribution in [0.15, 0.2) is 54.1 Å². The Morgan fingerprint density at radius 3 is 2.27 bits per heavy atom. The van der Waals surface area contributed by atoms with Crippen LogP contribution in [-0.2, 0) is 9.59 Å². The van der Waals surface area contributed by atoms with E-state index in [1.165, 1.54) is 4.90 Å². The van der Waals surface area contributed by atoms with Crippen LogP contribution in [0.2, 0.25) is 0 Å². The molecular weight excluding hydrogens is 380 g/mol. The van der Waals surface area contributed by atoms with E-state index in [1.807, 2.05) is 45.3 Å². The Morgan fingerprint density at radius 1 is 1.07 bits per heavy atom. The number of aliphatic hydroxyl groups is 1. The number of Topliss-reactive ketones (excluding diaryl/α,β-unsaturated/α-hetero) is 1. The molecular formula is C24H29N2O4+. The maximum atomic E-state index is 13.0. The number of nitrogens with one attached hydrogen (secondary N) is 1. The van der Waals surface area contributed by atoms with Crippen molar-refractivity contribution in [3.05, 3.63) is 70.8 Å². The Balaban J connectivity index is 2.07. The van der Waals surface area contributed by atoms with Crippen LogP contribution in [0.3, 0.4) is 0 Å². The predicted molar refractivity (Wildman–Crippen MR) is 115 cm³/mol. The first-order valence-corrected chi connectivity index (χ1v) is 10.1. The number of likely N-dealkylation sites (tertiary alicyclic amines) is 1. The van der Waals surface area contributed by atoms with Gasteiger partial charge in [0.2, 0.25) is 0 Å². The molecule has 2 aromatic rings. The Kier molecular flexibility index (Phi) is 6.57. The molecule has 3 rings (SSSR count). The standard InChI is InChI=1S/C24H28N2O4/c1-16-6-8-18(9-7-16)22(27)20-21(17-10-12-19(30-4)13-11-17)26(24(29)23(20)28)15-5-14-25(2)3/h6-13,21,27H,5,14-15H2,1-4H3/p+1/t21-/m0/s1. The summed E-state index contributed by atoms with van der Waals surface area (Å²) in [5.41, 5.74) is 2.46. The molecule has 30 heavy (non-hydrogen) atoms. The molecule has 1 amide bonds. The highest BCUT2D eigenvalue weighted by atomic mass is 16.5. The van der Waals surface area contributed by atoms with Gasteiger partial charge in [-0.3, -0.25) is 9.59 Å². The Morgan fingerprint density at radius 2 is 1.70 bits per heavy atom. The van der Waals surface area contributed by atoms with Gasteiger partial charge in [0.15, 0.2) is 0 Å². The van der Waals surface area contributed by atoms with Gasteiger partial charge in [-0.25, -0.2) is 0 Å². The summed E-state index contributed by atoms with van der Waals surface area (Å²) in [6.45, 7) is 3.26.